The van der Waals surface area contributed by atoms with Crippen LogP contribution in [0.2, 0.25) is 0 Å². The Labute approximate surface area is 88.6 Å². The molecule has 0 fully saturated rings. The predicted octanol–water partition coefficient (Wildman–Crippen LogP) is 2.88. The van der Waals surface area contributed by atoms with Crippen molar-refractivity contribution < 1.29 is 22.4 Å². The van der Waals surface area contributed by atoms with Crippen molar-refractivity contribution in [2.45, 2.75) is 6.18 Å². The molecular formula is C10H7F4NO. The molecule has 0 aliphatic heterocycles. The SMILES string of the molecule is C=C(C(=O)Nc1cccc(F)c1)C(F)(F)F. The van der Waals surface area contributed by atoms with Crippen molar-refractivity contribution in [1.82, 2.24) is 0 Å². The largest absolute Gasteiger partial charge is 0.421 e. The predicted molar refractivity (Wildman–Crippen MR) is 50.2 cm³/mol. The Hall–Kier alpha value is -1.85. The third kappa shape index (κ3) is 3.08. The van der Waals surface area contributed by atoms with Gasteiger partial charge in [0.2, 0.25) is 0 Å². The molecule has 2 nitrogen and oxygen atoms in total. The summed E-state index contributed by atoms with van der Waals surface area (Å²) < 4.78 is 48.8. The van der Waals surface area contributed by atoms with E-state index in [2.05, 4.69) is 6.58 Å². The molecule has 1 N–H and O–H groups in total. The van der Waals surface area contributed by atoms with Crippen LogP contribution in [0, 0.1) is 5.82 Å². The first-order valence-corrected chi connectivity index (χ1v) is 4.13. The standard InChI is InChI=1S/C10H7F4NO/c1-6(10(12,13)14)9(16)15-8-4-2-3-7(11)5-8/h2-5H,1H2,(H,15,16). The van der Waals surface area contributed by atoms with Gasteiger partial charge in [-0.2, -0.15) is 13.2 Å². The minimum absolute atomic E-state index is 0.0598. The van der Waals surface area contributed by atoms with Gasteiger partial charge in [-0.25, -0.2) is 4.39 Å². The van der Waals surface area contributed by atoms with E-state index in [-0.39, 0.29) is 5.69 Å². The summed E-state index contributed by atoms with van der Waals surface area (Å²) >= 11 is 0. The third-order valence-electron chi connectivity index (χ3n) is 1.70. The van der Waals surface area contributed by atoms with E-state index in [0.717, 1.165) is 12.1 Å². The summed E-state index contributed by atoms with van der Waals surface area (Å²) in [6.07, 6.45) is -4.79. The number of amides is 1. The number of benzene rings is 1. The molecule has 0 aliphatic rings. The van der Waals surface area contributed by atoms with E-state index in [1.54, 1.807) is 0 Å². The molecule has 0 bridgehead atoms. The van der Waals surface area contributed by atoms with E-state index >= 15 is 0 Å². The molecular weight excluding hydrogens is 226 g/mol. The van der Waals surface area contributed by atoms with Gasteiger partial charge in [0.1, 0.15) is 11.4 Å². The average molecular weight is 233 g/mol. The van der Waals surface area contributed by atoms with Crippen molar-refractivity contribution in [3.8, 4) is 0 Å². The van der Waals surface area contributed by atoms with Crippen molar-refractivity contribution in [1.29, 1.82) is 0 Å². The minimum atomic E-state index is -4.79. The number of alkyl halides is 3. The molecule has 0 aromatic heterocycles. The number of nitrogens with one attached hydrogen (secondary N) is 1. The fourth-order valence-electron chi connectivity index (χ4n) is 0.902. The van der Waals surface area contributed by atoms with Crippen LogP contribution in [-0.2, 0) is 4.79 Å². The summed E-state index contributed by atoms with van der Waals surface area (Å²) in [5, 5.41) is 1.89. The molecule has 1 aromatic rings. The second-order valence-corrected chi connectivity index (χ2v) is 2.94. The number of carbonyl (C=O) groups is 1. The molecule has 0 spiro atoms. The maximum Gasteiger partial charge on any atom is 0.421 e. The first-order chi connectivity index (χ1) is 7.30. The minimum Gasteiger partial charge on any atom is -0.322 e. The Kier molecular flexibility index (Phi) is 3.31. The summed E-state index contributed by atoms with van der Waals surface area (Å²) in [5.41, 5.74) is -1.59. The van der Waals surface area contributed by atoms with Crippen molar-refractivity contribution in [2.75, 3.05) is 5.32 Å². The first-order valence-electron chi connectivity index (χ1n) is 4.13. The number of anilines is 1. The highest BCUT2D eigenvalue weighted by molar-refractivity contribution is 6.04. The van der Waals surface area contributed by atoms with Crippen molar-refractivity contribution in [3.63, 3.8) is 0 Å². The smallest absolute Gasteiger partial charge is 0.322 e. The lowest BCUT2D eigenvalue weighted by Gasteiger charge is -2.10. The zero-order valence-corrected chi connectivity index (χ0v) is 7.94. The van der Waals surface area contributed by atoms with Crippen LogP contribution in [-0.4, -0.2) is 12.1 Å². The van der Waals surface area contributed by atoms with Crippen LogP contribution >= 0.6 is 0 Å². The van der Waals surface area contributed by atoms with Gasteiger partial charge in [0.15, 0.2) is 0 Å². The Balaban J connectivity index is 2.76. The van der Waals surface area contributed by atoms with Gasteiger partial charge in [-0.1, -0.05) is 12.6 Å². The molecule has 0 heterocycles. The highest BCUT2D eigenvalue weighted by Gasteiger charge is 2.36. The van der Waals surface area contributed by atoms with E-state index in [4.69, 9.17) is 0 Å². The van der Waals surface area contributed by atoms with Crippen LogP contribution in [0.15, 0.2) is 36.4 Å². The summed E-state index contributed by atoms with van der Waals surface area (Å²) in [5.74, 6) is -2.06. The Morgan fingerprint density at radius 2 is 1.94 bits per heavy atom. The molecule has 0 unspecified atom stereocenters. The number of carbonyl (C=O) groups excluding carboxylic acids is 1. The first kappa shape index (κ1) is 12.2. The van der Waals surface area contributed by atoms with Crippen LogP contribution in [0.4, 0.5) is 23.2 Å². The van der Waals surface area contributed by atoms with Crippen LogP contribution in [0.5, 0.6) is 0 Å². The second kappa shape index (κ2) is 4.34. The molecule has 1 amide bonds. The zero-order valence-electron chi connectivity index (χ0n) is 7.94. The molecule has 6 heteroatoms. The highest BCUT2D eigenvalue weighted by Crippen LogP contribution is 2.25. The van der Waals surface area contributed by atoms with Gasteiger partial charge in [0.25, 0.3) is 5.91 Å². The fraction of sp³-hybridized carbons (Fsp3) is 0.100. The lowest BCUT2D eigenvalue weighted by molar-refractivity contribution is -0.126. The summed E-state index contributed by atoms with van der Waals surface area (Å²) in [6.45, 7) is 2.61. The number of hydrogen-bond acceptors (Lipinski definition) is 1. The molecule has 0 radical (unpaired) electrons. The Morgan fingerprint density at radius 1 is 1.31 bits per heavy atom. The molecule has 86 valence electrons. The molecule has 1 rings (SSSR count). The van der Waals surface area contributed by atoms with E-state index in [1.165, 1.54) is 12.1 Å². The fourth-order valence-corrected chi connectivity index (χ4v) is 0.902. The zero-order chi connectivity index (χ0) is 12.3. The highest BCUT2D eigenvalue weighted by atomic mass is 19.4. The normalized spacial score (nSPS) is 11.0. The van der Waals surface area contributed by atoms with E-state index < -0.39 is 23.5 Å². The number of hydrogen-bond donors (Lipinski definition) is 1. The Bertz CT molecular complexity index is 425. The van der Waals surface area contributed by atoms with Gasteiger partial charge in [-0.05, 0) is 18.2 Å². The van der Waals surface area contributed by atoms with Crippen molar-refractivity contribution in [2.24, 2.45) is 0 Å². The lowest BCUT2D eigenvalue weighted by Crippen LogP contribution is -2.24. The number of halogens is 4. The van der Waals surface area contributed by atoms with Crippen LogP contribution in [0.25, 0.3) is 0 Å². The van der Waals surface area contributed by atoms with Crippen LogP contribution < -0.4 is 5.32 Å². The van der Waals surface area contributed by atoms with Gasteiger partial charge in [-0.15, -0.1) is 0 Å². The topological polar surface area (TPSA) is 29.1 Å². The maximum absolute atomic E-state index is 12.7. The van der Waals surface area contributed by atoms with Crippen LogP contribution in [0.1, 0.15) is 0 Å². The lowest BCUT2D eigenvalue weighted by atomic mass is 10.2. The van der Waals surface area contributed by atoms with Crippen molar-refractivity contribution in [3.05, 3.63) is 42.2 Å². The molecule has 0 saturated carbocycles. The van der Waals surface area contributed by atoms with E-state index in [9.17, 15) is 22.4 Å². The van der Waals surface area contributed by atoms with Crippen molar-refractivity contribution >= 4 is 11.6 Å². The van der Waals surface area contributed by atoms with Gasteiger partial charge in [0.05, 0.1) is 0 Å². The van der Waals surface area contributed by atoms with E-state index in [0.29, 0.717) is 0 Å². The van der Waals surface area contributed by atoms with Crippen LogP contribution in [0.3, 0.4) is 0 Å². The van der Waals surface area contributed by atoms with Gasteiger partial charge < -0.3 is 5.32 Å². The summed E-state index contributed by atoms with van der Waals surface area (Å²) in [7, 11) is 0. The quantitative estimate of drug-likeness (QED) is 0.617. The van der Waals surface area contributed by atoms with Gasteiger partial charge in [0, 0.05) is 5.69 Å². The Morgan fingerprint density at radius 3 is 2.44 bits per heavy atom. The number of rotatable bonds is 2. The second-order valence-electron chi connectivity index (χ2n) is 2.94. The van der Waals surface area contributed by atoms with E-state index in [1.807, 2.05) is 5.32 Å². The van der Waals surface area contributed by atoms with Gasteiger partial charge in [-0.3, -0.25) is 4.79 Å². The van der Waals surface area contributed by atoms with Gasteiger partial charge >= 0.3 is 6.18 Å². The third-order valence-corrected chi connectivity index (χ3v) is 1.70. The monoisotopic (exact) mass is 233 g/mol. The summed E-state index contributed by atoms with van der Waals surface area (Å²) in [4.78, 5) is 11.0. The molecule has 16 heavy (non-hydrogen) atoms. The average Bonchev–Trinajstić information content (AvgIpc) is 2.15. The summed E-state index contributed by atoms with van der Waals surface area (Å²) in [6, 6.07) is 4.54. The molecule has 1 aromatic carbocycles. The molecule has 0 saturated heterocycles. The molecule has 0 atom stereocenters. The molecule has 0 aliphatic carbocycles. The maximum atomic E-state index is 12.7.